The van der Waals surface area contributed by atoms with Gasteiger partial charge in [0.1, 0.15) is 0 Å². The van der Waals surface area contributed by atoms with Crippen molar-refractivity contribution in [3.8, 4) is 0 Å². The van der Waals surface area contributed by atoms with Crippen molar-refractivity contribution in [1.29, 1.82) is 0 Å². The van der Waals surface area contributed by atoms with Gasteiger partial charge < -0.3 is 9.47 Å². The van der Waals surface area contributed by atoms with Crippen LogP contribution in [0.25, 0.3) is 11.2 Å². The molecule has 23 heavy (non-hydrogen) atoms. The third-order valence-corrected chi connectivity index (χ3v) is 5.49. The van der Waals surface area contributed by atoms with E-state index in [9.17, 15) is 14.4 Å². The molecule has 0 radical (unpaired) electrons. The smallest absolute Gasteiger partial charge is 0.327 e. The van der Waals surface area contributed by atoms with Crippen molar-refractivity contribution in [3.05, 3.63) is 27.2 Å². The lowest BCUT2D eigenvalue weighted by Crippen LogP contribution is -2.39. The minimum atomic E-state index is -0.408. The van der Waals surface area contributed by atoms with Crippen molar-refractivity contribution in [1.82, 2.24) is 23.6 Å². The van der Waals surface area contributed by atoms with Gasteiger partial charge in [-0.3, -0.25) is 18.7 Å². The third kappa shape index (κ3) is 2.59. The molecule has 0 saturated carbocycles. The first-order valence-corrected chi connectivity index (χ1v) is 8.76. The van der Waals surface area contributed by atoms with Gasteiger partial charge in [-0.2, -0.15) is 12.6 Å². The number of nitrogens with zero attached hydrogens (tertiary/aromatic N) is 5. The molecule has 2 aromatic heterocycles. The van der Waals surface area contributed by atoms with Crippen molar-refractivity contribution in [2.24, 2.45) is 14.1 Å². The number of fused-ring (bicyclic) bond motifs is 1. The number of carbonyl (C=O) groups is 1. The molecule has 1 saturated heterocycles. The van der Waals surface area contributed by atoms with E-state index < -0.39 is 5.69 Å². The molecular weight excluding hydrogens is 338 g/mol. The van der Waals surface area contributed by atoms with Crippen LogP contribution in [0.4, 0.5) is 0 Å². The lowest BCUT2D eigenvalue weighted by molar-refractivity contribution is -0.128. The molecule has 124 valence electrons. The average Bonchev–Trinajstić information content (AvgIpc) is 3.17. The summed E-state index contributed by atoms with van der Waals surface area (Å²) in [5, 5.41) is -0.0611. The molecule has 0 aromatic carbocycles. The highest BCUT2D eigenvalue weighted by atomic mass is 32.2. The molecule has 8 nitrogen and oxygen atoms in total. The normalized spacial score (nSPS) is 18.0. The maximum Gasteiger partial charge on any atom is 0.332 e. The van der Waals surface area contributed by atoms with Crippen molar-refractivity contribution in [2.45, 2.75) is 11.9 Å². The molecular formula is C13H17N5O3S2. The number of imidazole rings is 1. The molecule has 0 bridgehead atoms. The number of rotatable bonds is 3. The van der Waals surface area contributed by atoms with E-state index in [0.29, 0.717) is 24.3 Å². The molecule has 0 spiro atoms. The van der Waals surface area contributed by atoms with Crippen LogP contribution in [-0.2, 0) is 25.4 Å². The number of aromatic nitrogens is 4. The summed E-state index contributed by atoms with van der Waals surface area (Å²) in [5.74, 6) is 0.999. The van der Waals surface area contributed by atoms with Crippen molar-refractivity contribution in [2.75, 3.05) is 18.1 Å². The Balaban J connectivity index is 2.03. The van der Waals surface area contributed by atoms with Crippen LogP contribution in [-0.4, -0.2) is 52.9 Å². The van der Waals surface area contributed by atoms with E-state index in [4.69, 9.17) is 0 Å². The summed E-state index contributed by atoms with van der Waals surface area (Å²) in [7, 11) is 3.03. The Hall–Kier alpha value is -1.68. The number of hydrogen-bond acceptors (Lipinski definition) is 6. The molecule has 1 fully saturated rings. The minimum absolute atomic E-state index is 0.0203. The summed E-state index contributed by atoms with van der Waals surface area (Å²) in [5.41, 5.74) is -0.0564. The summed E-state index contributed by atoms with van der Waals surface area (Å²) in [6, 6.07) is 0. The zero-order chi connectivity index (χ0) is 16.7. The van der Waals surface area contributed by atoms with Crippen LogP contribution in [0.1, 0.15) is 0 Å². The lowest BCUT2D eigenvalue weighted by Gasteiger charge is -2.23. The first kappa shape index (κ1) is 16.2. The zero-order valence-electron chi connectivity index (χ0n) is 12.8. The topological polar surface area (TPSA) is 82.1 Å². The fourth-order valence-electron chi connectivity index (χ4n) is 2.75. The first-order chi connectivity index (χ1) is 11.0. The molecule has 3 rings (SSSR count). The molecule has 1 unspecified atom stereocenters. The Kier molecular flexibility index (Phi) is 4.28. The highest BCUT2D eigenvalue weighted by Crippen LogP contribution is 2.26. The monoisotopic (exact) mass is 355 g/mol. The minimum Gasteiger partial charge on any atom is -0.327 e. The van der Waals surface area contributed by atoms with Crippen molar-refractivity contribution in [3.63, 3.8) is 0 Å². The van der Waals surface area contributed by atoms with E-state index in [1.54, 1.807) is 34.6 Å². The molecule has 1 aliphatic heterocycles. The molecule has 0 aliphatic carbocycles. The Morgan fingerprint density at radius 1 is 1.39 bits per heavy atom. The van der Waals surface area contributed by atoms with Crippen LogP contribution < -0.4 is 11.2 Å². The van der Waals surface area contributed by atoms with Crippen LogP contribution in [0.3, 0.4) is 0 Å². The van der Waals surface area contributed by atoms with Gasteiger partial charge in [-0.15, -0.1) is 11.8 Å². The summed E-state index contributed by atoms with van der Waals surface area (Å²) >= 11 is 5.71. The number of amides is 1. The fourth-order valence-corrected chi connectivity index (χ4v) is 4.18. The second kappa shape index (κ2) is 6.08. The number of thioether (sulfide) groups is 1. The van der Waals surface area contributed by atoms with Crippen molar-refractivity contribution >= 4 is 41.5 Å². The van der Waals surface area contributed by atoms with Gasteiger partial charge in [0.15, 0.2) is 11.2 Å². The van der Waals surface area contributed by atoms with Crippen LogP contribution in [0.15, 0.2) is 15.9 Å². The van der Waals surface area contributed by atoms with Crippen LogP contribution in [0, 0.1) is 0 Å². The van der Waals surface area contributed by atoms with Gasteiger partial charge in [0.05, 0.1) is 24.0 Å². The van der Waals surface area contributed by atoms with Gasteiger partial charge in [-0.05, 0) is 0 Å². The van der Waals surface area contributed by atoms with Crippen molar-refractivity contribution < 1.29 is 4.79 Å². The Morgan fingerprint density at radius 3 is 2.83 bits per heavy atom. The van der Waals surface area contributed by atoms with Crippen LogP contribution >= 0.6 is 24.4 Å². The number of aryl methyl sites for hydroxylation is 1. The Bertz CT molecular complexity index is 884. The highest BCUT2D eigenvalue weighted by molar-refractivity contribution is 8.00. The summed E-state index contributed by atoms with van der Waals surface area (Å²) in [4.78, 5) is 42.3. The molecule has 0 N–H and O–H groups in total. The standard InChI is InChI=1S/C13H17N5O3S2/c1-15-11-10(12(20)16(2)13(15)21)17(7-14-11)5-9-18(3-4-23-9)8(19)6-22/h7,9,22H,3-6H2,1-2H3. The van der Waals surface area contributed by atoms with E-state index in [-0.39, 0.29) is 22.6 Å². The quantitative estimate of drug-likeness (QED) is 0.734. The SMILES string of the molecule is Cn1c(=O)c2c(ncn2CC2SCCN2C(=O)CS)n(C)c1=O. The Morgan fingerprint density at radius 2 is 2.13 bits per heavy atom. The second-order valence-electron chi connectivity index (χ2n) is 5.35. The van der Waals surface area contributed by atoms with Gasteiger partial charge in [0.25, 0.3) is 5.56 Å². The molecule has 1 aliphatic rings. The predicted octanol–water partition coefficient (Wildman–Crippen LogP) is -0.735. The molecule has 10 heteroatoms. The number of carbonyl (C=O) groups excluding carboxylic acids is 1. The van der Waals surface area contributed by atoms with E-state index in [2.05, 4.69) is 17.6 Å². The summed E-state index contributed by atoms with van der Waals surface area (Å²) < 4.78 is 4.14. The van der Waals surface area contributed by atoms with Gasteiger partial charge >= 0.3 is 5.69 Å². The van der Waals surface area contributed by atoms with Gasteiger partial charge in [-0.25, -0.2) is 9.78 Å². The Labute approximate surface area is 141 Å². The second-order valence-corrected chi connectivity index (χ2v) is 6.95. The molecule has 2 aromatic rings. The number of hydrogen-bond donors (Lipinski definition) is 1. The van der Waals surface area contributed by atoms with Gasteiger partial charge in [0.2, 0.25) is 5.91 Å². The van der Waals surface area contributed by atoms with Crippen LogP contribution in [0.2, 0.25) is 0 Å². The summed E-state index contributed by atoms with van der Waals surface area (Å²) in [6.07, 6.45) is 1.55. The van der Waals surface area contributed by atoms with E-state index in [1.807, 2.05) is 0 Å². The zero-order valence-corrected chi connectivity index (χ0v) is 14.5. The lowest BCUT2D eigenvalue weighted by atomic mass is 10.4. The van der Waals surface area contributed by atoms with E-state index >= 15 is 0 Å². The maximum atomic E-state index is 12.4. The largest absolute Gasteiger partial charge is 0.332 e. The fraction of sp³-hybridized carbons (Fsp3) is 0.538. The molecule has 1 amide bonds. The highest BCUT2D eigenvalue weighted by Gasteiger charge is 2.29. The first-order valence-electron chi connectivity index (χ1n) is 7.08. The van der Waals surface area contributed by atoms with E-state index in [0.717, 1.165) is 10.3 Å². The molecule has 3 heterocycles. The molecule has 1 atom stereocenters. The predicted molar refractivity (Wildman–Crippen MR) is 92.0 cm³/mol. The van der Waals surface area contributed by atoms with Gasteiger partial charge in [-0.1, -0.05) is 0 Å². The average molecular weight is 355 g/mol. The third-order valence-electron chi connectivity index (χ3n) is 4.02. The summed E-state index contributed by atoms with van der Waals surface area (Å²) in [6.45, 7) is 1.13. The van der Waals surface area contributed by atoms with E-state index in [1.165, 1.54) is 11.6 Å². The maximum absolute atomic E-state index is 12.4. The van der Waals surface area contributed by atoms with Gasteiger partial charge in [0, 0.05) is 26.4 Å². The number of thiol groups is 1. The van der Waals surface area contributed by atoms with Crippen LogP contribution in [0.5, 0.6) is 0 Å².